The van der Waals surface area contributed by atoms with Crippen molar-refractivity contribution in [1.29, 1.82) is 0 Å². The molecular weight excluding hydrogens is 232 g/mol. The van der Waals surface area contributed by atoms with Crippen LogP contribution in [0.15, 0.2) is 18.2 Å². The molecule has 0 heterocycles. The van der Waals surface area contributed by atoms with Crippen molar-refractivity contribution in [2.24, 2.45) is 5.92 Å². The Morgan fingerprint density at radius 2 is 2.28 bits per heavy atom. The maximum absolute atomic E-state index is 10.9. The van der Waals surface area contributed by atoms with Crippen LogP contribution in [-0.2, 0) is 0 Å². The van der Waals surface area contributed by atoms with Crippen molar-refractivity contribution < 1.29 is 10.0 Å². The number of hydrogen-bond donors (Lipinski definition) is 2. The topological polar surface area (TPSA) is 75.4 Å². The van der Waals surface area contributed by atoms with Crippen molar-refractivity contribution in [3.8, 4) is 0 Å². The van der Waals surface area contributed by atoms with Crippen LogP contribution in [0, 0.1) is 23.0 Å². The van der Waals surface area contributed by atoms with E-state index in [0.717, 1.165) is 24.8 Å². The summed E-state index contributed by atoms with van der Waals surface area (Å²) in [4.78, 5) is 10.6. The highest BCUT2D eigenvalue weighted by atomic mass is 16.6. The van der Waals surface area contributed by atoms with Gasteiger partial charge < -0.3 is 10.4 Å². The number of rotatable bonds is 4. The largest absolute Gasteiger partial charge is 0.393 e. The molecule has 0 aromatic heterocycles. The Hall–Kier alpha value is -1.62. The lowest BCUT2D eigenvalue weighted by atomic mass is 10.1. The molecule has 1 aliphatic carbocycles. The molecule has 2 rings (SSSR count). The van der Waals surface area contributed by atoms with Gasteiger partial charge in [0.1, 0.15) is 5.69 Å². The van der Waals surface area contributed by atoms with E-state index in [9.17, 15) is 15.2 Å². The zero-order valence-electron chi connectivity index (χ0n) is 10.4. The molecule has 0 bridgehead atoms. The number of nitrogens with zero attached hydrogens (tertiary/aromatic N) is 1. The zero-order chi connectivity index (χ0) is 13.1. The molecule has 0 amide bonds. The van der Waals surface area contributed by atoms with Crippen molar-refractivity contribution in [2.75, 3.05) is 11.9 Å². The molecule has 18 heavy (non-hydrogen) atoms. The Morgan fingerprint density at radius 3 is 2.89 bits per heavy atom. The van der Waals surface area contributed by atoms with Crippen LogP contribution in [0.1, 0.15) is 24.8 Å². The molecule has 2 unspecified atom stereocenters. The SMILES string of the molecule is Cc1ccc(NCC2CCC(O)C2)c([N+](=O)[O-])c1. The standard InChI is InChI=1S/C13H18N2O3/c1-9-2-5-12(13(6-9)15(17)18)14-8-10-3-4-11(16)7-10/h2,5-6,10-11,14,16H,3-4,7-8H2,1H3. The first-order valence-electron chi connectivity index (χ1n) is 6.23. The molecule has 98 valence electrons. The fourth-order valence-electron chi connectivity index (χ4n) is 2.43. The van der Waals surface area contributed by atoms with E-state index in [4.69, 9.17) is 0 Å². The van der Waals surface area contributed by atoms with Crippen LogP contribution in [0.5, 0.6) is 0 Å². The maximum atomic E-state index is 10.9. The summed E-state index contributed by atoms with van der Waals surface area (Å²) in [5.74, 6) is 0.404. The maximum Gasteiger partial charge on any atom is 0.292 e. The van der Waals surface area contributed by atoms with E-state index in [1.165, 1.54) is 0 Å². The van der Waals surface area contributed by atoms with Gasteiger partial charge in [-0.05, 0) is 43.7 Å². The number of nitrogens with one attached hydrogen (secondary N) is 1. The lowest BCUT2D eigenvalue weighted by molar-refractivity contribution is -0.384. The highest BCUT2D eigenvalue weighted by molar-refractivity contribution is 5.62. The second-order valence-corrected chi connectivity index (χ2v) is 4.99. The van der Waals surface area contributed by atoms with Gasteiger partial charge in [-0.2, -0.15) is 0 Å². The quantitative estimate of drug-likeness (QED) is 0.636. The average molecular weight is 250 g/mol. The fraction of sp³-hybridized carbons (Fsp3) is 0.538. The van der Waals surface area contributed by atoms with E-state index in [1.807, 2.05) is 13.0 Å². The van der Waals surface area contributed by atoms with E-state index in [2.05, 4.69) is 5.32 Å². The first kappa shape index (κ1) is 12.8. The van der Waals surface area contributed by atoms with Crippen molar-refractivity contribution >= 4 is 11.4 Å². The lowest BCUT2D eigenvalue weighted by Gasteiger charge is -2.12. The Kier molecular flexibility index (Phi) is 3.81. The van der Waals surface area contributed by atoms with Crippen LogP contribution in [0.3, 0.4) is 0 Å². The minimum Gasteiger partial charge on any atom is -0.393 e. The molecule has 1 fully saturated rings. The van der Waals surface area contributed by atoms with Crippen molar-refractivity contribution in [2.45, 2.75) is 32.3 Å². The van der Waals surface area contributed by atoms with Gasteiger partial charge in [0.15, 0.2) is 0 Å². The lowest BCUT2D eigenvalue weighted by Crippen LogP contribution is -2.13. The third-order valence-corrected chi connectivity index (χ3v) is 3.44. The first-order valence-corrected chi connectivity index (χ1v) is 6.23. The van der Waals surface area contributed by atoms with Crippen LogP contribution in [0.2, 0.25) is 0 Å². The number of aryl methyl sites for hydroxylation is 1. The molecule has 5 nitrogen and oxygen atoms in total. The van der Waals surface area contributed by atoms with E-state index >= 15 is 0 Å². The van der Waals surface area contributed by atoms with Crippen LogP contribution in [0.4, 0.5) is 11.4 Å². The fourth-order valence-corrected chi connectivity index (χ4v) is 2.43. The van der Waals surface area contributed by atoms with Crippen LogP contribution >= 0.6 is 0 Å². The molecule has 1 aliphatic rings. The van der Waals surface area contributed by atoms with E-state index in [0.29, 0.717) is 18.2 Å². The molecule has 0 spiro atoms. The molecule has 2 atom stereocenters. The minimum absolute atomic E-state index is 0.119. The van der Waals surface area contributed by atoms with E-state index in [-0.39, 0.29) is 16.7 Å². The summed E-state index contributed by atoms with van der Waals surface area (Å²) < 4.78 is 0. The molecule has 0 aliphatic heterocycles. The van der Waals surface area contributed by atoms with E-state index in [1.54, 1.807) is 12.1 Å². The predicted molar refractivity (Wildman–Crippen MR) is 69.7 cm³/mol. The summed E-state index contributed by atoms with van der Waals surface area (Å²) in [7, 11) is 0. The number of hydrogen-bond acceptors (Lipinski definition) is 4. The summed E-state index contributed by atoms with van der Waals surface area (Å²) in [5.41, 5.74) is 1.56. The Morgan fingerprint density at radius 1 is 1.50 bits per heavy atom. The van der Waals surface area contributed by atoms with Gasteiger partial charge in [-0.3, -0.25) is 10.1 Å². The molecule has 1 aromatic carbocycles. The molecule has 1 saturated carbocycles. The molecule has 0 radical (unpaired) electrons. The molecule has 0 saturated heterocycles. The van der Waals surface area contributed by atoms with Crippen LogP contribution < -0.4 is 5.32 Å². The second-order valence-electron chi connectivity index (χ2n) is 4.99. The van der Waals surface area contributed by atoms with Crippen LogP contribution in [0.25, 0.3) is 0 Å². The van der Waals surface area contributed by atoms with Gasteiger partial charge in [0.25, 0.3) is 5.69 Å². The molecule has 1 aromatic rings. The highest BCUT2D eigenvalue weighted by Crippen LogP contribution is 2.29. The summed E-state index contributed by atoms with van der Waals surface area (Å²) in [6, 6.07) is 5.18. The van der Waals surface area contributed by atoms with Crippen molar-refractivity contribution in [1.82, 2.24) is 0 Å². The van der Waals surface area contributed by atoms with Gasteiger partial charge in [-0.25, -0.2) is 0 Å². The number of nitro benzene ring substituents is 1. The minimum atomic E-state index is -0.362. The van der Waals surface area contributed by atoms with Gasteiger partial charge in [-0.1, -0.05) is 6.07 Å². The second kappa shape index (κ2) is 5.35. The monoisotopic (exact) mass is 250 g/mol. The van der Waals surface area contributed by atoms with Gasteiger partial charge in [0.05, 0.1) is 11.0 Å². The van der Waals surface area contributed by atoms with E-state index < -0.39 is 0 Å². The number of nitro groups is 1. The Bertz CT molecular complexity index is 448. The summed E-state index contributed by atoms with van der Waals surface area (Å²) in [6.07, 6.45) is 2.40. The number of anilines is 1. The number of aliphatic hydroxyl groups is 1. The van der Waals surface area contributed by atoms with Gasteiger partial charge >= 0.3 is 0 Å². The normalized spacial score (nSPS) is 23.0. The van der Waals surface area contributed by atoms with Crippen molar-refractivity contribution in [3.63, 3.8) is 0 Å². The predicted octanol–water partition coefficient (Wildman–Crippen LogP) is 2.48. The van der Waals surface area contributed by atoms with Crippen molar-refractivity contribution in [3.05, 3.63) is 33.9 Å². The molecule has 2 N–H and O–H groups in total. The smallest absolute Gasteiger partial charge is 0.292 e. The number of benzene rings is 1. The van der Waals surface area contributed by atoms with Gasteiger partial charge in [0, 0.05) is 12.6 Å². The third-order valence-electron chi connectivity index (χ3n) is 3.44. The Labute approximate surface area is 106 Å². The molecular formula is C13H18N2O3. The van der Waals surface area contributed by atoms with Gasteiger partial charge in [0.2, 0.25) is 0 Å². The molecule has 5 heteroatoms. The highest BCUT2D eigenvalue weighted by Gasteiger charge is 2.23. The summed E-state index contributed by atoms with van der Waals surface area (Å²) >= 11 is 0. The summed E-state index contributed by atoms with van der Waals surface area (Å²) in [5, 5.41) is 23.5. The first-order chi connectivity index (χ1) is 8.56. The summed E-state index contributed by atoms with van der Waals surface area (Å²) in [6.45, 7) is 2.52. The van der Waals surface area contributed by atoms with Gasteiger partial charge in [-0.15, -0.1) is 0 Å². The average Bonchev–Trinajstić information content (AvgIpc) is 2.73. The van der Waals surface area contributed by atoms with Crippen LogP contribution in [-0.4, -0.2) is 22.7 Å². The third kappa shape index (κ3) is 2.98. The number of aliphatic hydroxyl groups excluding tert-OH is 1. The Balaban J connectivity index is 2.02. The zero-order valence-corrected chi connectivity index (χ0v) is 10.4.